The minimum absolute atomic E-state index is 0.00446. The lowest BCUT2D eigenvalue weighted by atomic mass is 10.0. The number of hydrogen-bond acceptors (Lipinski definition) is 1. The van der Waals surface area contributed by atoms with E-state index >= 15 is 0 Å². The number of rotatable bonds is 0. The number of hydrogen-bond donors (Lipinski definition) is 0. The average Bonchev–Trinajstić information content (AvgIpc) is 2.12. The number of ketones is 1. The highest BCUT2D eigenvalue weighted by molar-refractivity contribution is 6.44. The molecule has 13 heavy (non-hydrogen) atoms. The van der Waals surface area contributed by atoms with Crippen LogP contribution in [0.1, 0.15) is 33.1 Å². The maximum atomic E-state index is 11.4. The molecule has 0 saturated carbocycles. The third-order valence-electron chi connectivity index (χ3n) is 2.23. The van der Waals surface area contributed by atoms with E-state index in [1.165, 1.54) is 0 Å². The van der Waals surface area contributed by atoms with Gasteiger partial charge in [0.2, 0.25) is 0 Å². The van der Waals surface area contributed by atoms with E-state index in [2.05, 4.69) is 0 Å². The van der Waals surface area contributed by atoms with Gasteiger partial charge in [0, 0.05) is 11.5 Å². The maximum Gasteiger partial charge on any atom is 0.174 e. The first kappa shape index (κ1) is 10.8. The highest BCUT2D eigenvalue weighted by Gasteiger charge is 2.16. The molecule has 0 N–H and O–H groups in total. The Morgan fingerprint density at radius 2 is 1.69 bits per heavy atom. The van der Waals surface area contributed by atoms with E-state index < -0.39 is 0 Å². The number of carbonyl (C=O) groups excluding carboxylic acids is 1. The van der Waals surface area contributed by atoms with Gasteiger partial charge in [0.15, 0.2) is 5.78 Å². The fraction of sp³-hybridized carbons (Fsp3) is 0.500. The fourth-order valence-electron chi connectivity index (χ4n) is 1.36. The molecule has 0 saturated heterocycles. The Morgan fingerprint density at radius 3 is 2.31 bits per heavy atom. The van der Waals surface area contributed by atoms with Gasteiger partial charge < -0.3 is 0 Å². The molecule has 0 aliphatic heterocycles. The molecule has 0 atom stereocenters. The van der Waals surface area contributed by atoms with E-state index in [4.69, 9.17) is 23.2 Å². The second-order valence-electron chi connectivity index (χ2n) is 3.31. The van der Waals surface area contributed by atoms with Gasteiger partial charge in [0.05, 0.1) is 5.03 Å². The summed E-state index contributed by atoms with van der Waals surface area (Å²) in [4.78, 5) is 11.4. The normalized spacial score (nSPS) is 31.5. The lowest BCUT2D eigenvalue weighted by Gasteiger charge is -2.12. The van der Waals surface area contributed by atoms with Gasteiger partial charge in [-0.05, 0) is 32.3 Å². The zero-order chi connectivity index (χ0) is 10.0. The van der Waals surface area contributed by atoms with Crippen LogP contribution in [0, 0.1) is 0 Å². The lowest BCUT2D eigenvalue weighted by Crippen LogP contribution is -2.04. The molecule has 0 aromatic rings. The van der Waals surface area contributed by atoms with Crippen LogP contribution in [-0.2, 0) is 4.79 Å². The van der Waals surface area contributed by atoms with Crippen LogP contribution >= 0.6 is 23.2 Å². The van der Waals surface area contributed by atoms with Gasteiger partial charge in [-0.3, -0.25) is 4.79 Å². The van der Waals surface area contributed by atoms with E-state index in [-0.39, 0.29) is 5.78 Å². The Labute approximate surface area is 88.4 Å². The Kier molecular flexibility index (Phi) is 3.57. The van der Waals surface area contributed by atoms with Gasteiger partial charge in [0.25, 0.3) is 0 Å². The topological polar surface area (TPSA) is 17.1 Å². The summed E-state index contributed by atoms with van der Waals surface area (Å²) in [5, 5.41) is 0.946. The SMILES string of the molecule is C/C1=C(Cl)/C(C)=C(/Cl)C(=O)CCC1. The van der Waals surface area contributed by atoms with Crippen LogP contribution in [0.5, 0.6) is 0 Å². The van der Waals surface area contributed by atoms with Gasteiger partial charge >= 0.3 is 0 Å². The molecule has 1 aliphatic rings. The molecule has 0 aromatic carbocycles. The van der Waals surface area contributed by atoms with Crippen LogP contribution in [0.2, 0.25) is 0 Å². The number of carbonyl (C=O) groups is 1. The Balaban J connectivity index is 3.16. The smallest absolute Gasteiger partial charge is 0.174 e. The summed E-state index contributed by atoms with van der Waals surface area (Å²) in [5.41, 5.74) is 1.83. The molecule has 0 fully saturated rings. The van der Waals surface area contributed by atoms with Crippen molar-refractivity contribution in [2.45, 2.75) is 33.1 Å². The third-order valence-corrected chi connectivity index (χ3v) is 3.33. The van der Waals surface area contributed by atoms with Crippen LogP contribution in [-0.4, -0.2) is 5.78 Å². The quantitative estimate of drug-likeness (QED) is 0.606. The Hall–Kier alpha value is -0.270. The van der Waals surface area contributed by atoms with Crippen molar-refractivity contribution in [1.82, 2.24) is 0 Å². The van der Waals surface area contributed by atoms with Crippen LogP contribution < -0.4 is 0 Å². The minimum atomic E-state index is 0.00446. The zero-order valence-electron chi connectivity index (χ0n) is 7.79. The van der Waals surface area contributed by atoms with E-state index in [1.807, 2.05) is 6.92 Å². The molecule has 1 nitrogen and oxygen atoms in total. The Morgan fingerprint density at radius 1 is 1.08 bits per heavy atom. The summed E-state index contributed by atoms with van der Waals surface area (Å²) in [6.45, 7) is 3.77. The summed E-state index contributed by atoms with van der Waals surface area (Å²) < 4.78 is 0. The first-order valence-electron chi connectivity index (χ1n) is 4.29. The van der Waals surface area contributed by atoms with Gasteiger partial charge in [0.1, 0.15) is 0 Å². The number of Topliss-reactive ketones (excluding diaryl/α,β-unsaturated/α-hetero) is 1. The second kappa shape index (κ2) is 4.30. The Bertz CT molecular complexity index is 300. The molecule has 0 heterocycles. The molecular formula is C10H12Cl2O. The highest BCUT2D eigenvalue weighted by atomic mass is 35.5. The van der Waals surface area contributed by atoms with Crippen LogP contribution in [0.4, 0.5) is 0 Å². The summed E-state index contributed by atoms with van der Waals surface area (Å²) in [6.07, 6.45) is 2.24. The molecule has 3 heteroatoms. The predicted octanol–water partition coefficient (Wildman–Crippen LogP) is 3.77. The molecule has 1 rings (SSSR count). The number of halogens is 2. The van der Waals surface area contributed by atoms with E-state index in [0.29, 0.717) is 22.1 Å². The summed E-state index contributed by atoms with van der Waals surface area (Å²) in [7, 11) is 0. The van der Waals surface area contributed by atoms with Crippen molar-refractivity contribution in [3.63, 3.8) is 0 Å². The van der Waals surface area contributed by atoms with Crippen LogP contribution in [0.3, 0.4) is 0 Å². The lowest BCUT2D eigenvalue weighted by molar-refractivity contribution is -0.115. The van der Waals surface area contributed by atoms with Crippen molar-refractivity contribution in [3.05, 3.63) is 21.2 Å². The molecule has 0 bridgehead atoms. The fourth-order valence-corrected chi connectivity index (χ4v) is 1.79. The predicted molar refractivity (Wildman–Crippen MR) is 56.0 cm³/mol. The maximum absolute atomic E-state index is 11.4. The molecule has 0 radical (unpaired) electrons. The van der Waals surface area contributed by atoms with E-state index in [9.17, 15) is 4.79 Å². The van der Waals surface area contributed by atoms with Crippen molar-refractivity contribution in [1.29, 1.82) is 0 Å². The molecular weight excluding hydrogens is 207 g/mol. The molecule has 0 spiro atoms. The van der Waals surface area contributed by atoms with Crippen molar-refractivity contribution in [2.24, 2.45) is 0 Å². The van der Waals surface area contributed by atoms with Crippen LogP contribution in [0.15, 0.2) is 21.2 Å². The summed E-state index contributed by atoms with van der Waals surface area (Å²) in [5.74, 6) is 0.00446. The summed E-state index contributed by atoms with van der Waals surface area (Å²) in [6, 6.07) is 0. The first-order chi connectivity index (χ1) is 6.04. The van der Waals surface area contributed by atoms with Gasteiger partial charge in [-0.2, -0.15) is 0 Å². The third kappa shape index (κ3) is 2.35. The van der Waals surface area contributed by atoms with Crippen molar-refractivity contribution in [3.8, 4) is 0 Å². The van der Waals surface area contributed by atoms with E-state index in [1.54, 1.807) is 6.92 Å². The van der Waals surface area contributed by atoms with Crippen LogP contribution in [0.25, 0.3) is 0 Å². The van der Waals surface area contributed by atoms with Gasteiger partial charge in [-0.15, -0.1) is 0 Å². The van der Waals surface area contributed by atoms with E-state index in [0.717, 1.165) is 18.4 Å². The number of allylic oxidation sites excluding steroid dienone is 4. The van der Waals surface area contributed by atoms with Crippen molar-refractivity contribution >= 4 is 29.0 Å². The first-order valence-corrected chi connectivity index (χ1v) is 5.05. The average molecular weight is 219 g/mol. The van der Waals surface area contributed by atoms with Gasteiger partial charge in [-0.1, -0.05) is 28.8 Å². The molecule has 1 aliphatic carbocycles. The second-order valence-corrected chi connectivity index (χ2v) is 4.07. The molecule has 0 unspecified atom stereocenters. The largest absolute Gasteiger partial charge is 0.293 e. The van der Waals surface area contributed by atoms with Crippen molar-refractivity contribution in [2.75, 3.05) is 0 Å². The minimum Gasteiger partial charge on any atom is -0.293 e. The molecule has 72 valence electrons. The highest BCUT2D eigenvalue weighted by Crippen LogP contribution is 2.30. The monoisotopic (exact) mass is 218 g/mol. The standard InChI is InChI=1S/C10H12Cl2O/c1-6-4-3-5-8(13)10(12)7(2)9(6)11/h3-5H2,1-2H3/b9-6+,10-7+. The molecule has 0 aromatic heterocycles. The van der Waals surface area contributed by atoms with Crippen molar-refractivity contribution < 1.29 is 4.79 Å². The zero-order valence-corrected chi connectivity index (χ0v) is 9.30. The molecule has 0 amide bonds. The van der Waals surface area contributed by atoms with Gasteiger partial charge in [-0.25, -0.2) is 0 Å². The summed E-state index contributed by atoms with van der Waals surface area (Å²) >= 11 is 11.9.